The third-order valence-electron chi connectivity index (χ3n) is 3.92. The lowest BCUT2D eigenvalue weighted by Crippen LogP contribution is -2.44. The van der Waals surface area contributed by atoms with Gasteiger partial charge in [-0.3, -0.25) is 0 Å². The molecule has 0 bridgehead atoms. The molecule has 4 nitrogen and oxygen atoms in total. The number of ether oxygens (including phenoxy) is 1. The first-order valence-electron chi connectivity index (χ1n) is 6.68. The van der Waals surface area contributed by atoms with Crippen LogP contribution in [0.4, 0.5) is 5.82 Å². The predicted octanol–water partition coefficient (Wildman–Crippen LogP) is 2.86. The zero-order valence-electron chi connectivity index (χ0n) is 11.6. The van der Waals surface area contributed by atoms with E-state index in [1.807, 2.05) is 0 Å². The second-order valence-corrected chi connectivity index (χ2v) is 6.49. The van der Waals surface area contributed by atoms with Gasteiger partial charge in [0, 0.05) is 25.1 Å². The van der Waals surface area contributed by atoms with Crippen molar-refractivity contribution in [1.82, 2.24) is 9.97 Å². The van der Waals surface area contributed by atoms with E-state index >= 15 is 0 Å². The van der Waals surface area contributed by atoms with Gasteiger partial charge in [0.15, 0.2) is 0 Å². The van der Waals surface area contributed by atoms with Gasteiger partial charge < -0.3 is 9.64 Å². The molecule has 0 aromatic carbocycles. The average Bonchev–Trinajstić information content (AvgIpc) is 2.79. The lowest BCUT2D eigenvalue weighted by atomic mass is 9.96. The molecule has 102 valence electrons. The fraction of sp³-hybridized carbons (Fsp3) is 0.571. The van der Waals surface area contributed by atoms with Crippen molar-refractivity contribution in [2.75, 3.05) is 25.1 Å². The second-order valence-electron chi connectivity index (χ2n) is 5.26. The summed E-state index contributed by atoms with van der Waals surface area (Å²) in [5.74, 6) is 1.67. The van der Waals surface area contributed by atoms with Gasteiger partial charge in [0.1, 0.15) is 17.0 Å². The lowest BCUT2D eigenvalue weighted by molar-refractivity contribution is 0.0497. The van der Waals surface area contributed by atoms with Crippen molar-refractivity contribution in [1.29, 1.82) is 0 Å². The van der Waals surface area contributed by atoms with Gasteiger partial charge >= 0.3 is 0 Å². The molecule has 0 amide bonds. The molecule has 0 saturated carbocycles. The maximum Gasteiger partial charge on any atom is 0.140 e. The Morgan fingerprint density at radius 1 is 1.42 bits per heavy atom. The van der Waals surface area contributed by atoms with E-state index in [4.69, 9.17) is 4.74 Å². The van der Waals surface area contributed by atoms with Crippen molar-refractivity contribution in [2.45, 2.75) is 26.4 Å². The van der Waals surface area contributed by atoms with E-state index in [-0.39, 0.29) is 0 Å². The molecule has 2 aromatic rings. The highest BCUT2D eigenvalue weighted by atomic mass is 32.1. The average molecular weight is 277 g/mol. The highest BCUT2D eigenvalue weighted by molar-refractivity contribution is 7.18. The number of aromatic nitrogens is 2. The summed E-state index contributed by atoms with van der Waals surface area (Å²) in [5.41, 5.74) is 0. The number of hydrogen-bond donors (Lipinski definition) is 0. The molecule has 1 fully saturated rings. The lowest BCUT2D eigenvalue weighted by Gasteiger charge is -2.37. The first kappa shape index (κ1) is 12.8. The highest BCUT2D eigenvalue weighted by Gasteiger charge is 2.27. The van der Waals surface area contributed by atoms with Gasteiger partial charge in [-0.15, -0.1) is 11.3 Å². The van der Waals surface area contributed by atoms with E-state index in [1.165, 1.54) is 10.3 Å². The smallest absolute Gasteiger partial charge is 0.140 e. The zero-order chi connectivity index (χ0) is 13.4. The molecular formula is C14H19N3OS. The number of rotatable bonds is 2. The quantitative estimate of drug-likeness (QED) is 0.846. The van der Waals surface area contributed by atoms with Crippen molar-refractivity contribution < 1.29 is 4.74 Å². The van der Waals surface area contributed by atoms with Crippen molar-refractivity contribution in [3.63, 3.8) is 0 Å². The van der Waals surface area contributed by atoms with Crippen molar-refractivity contribution in [3.05, 3.63) is 17.3 Å². The fourth-order valence-corrected chi connectivity index (χ4v) is 3.59. The van der Waals surface area contributed by atoms with Gasteiger partial charge in [-0.2, -0.15) is 0 Å². The second kappa shape index (κ2) is 5.06. The summed E-state index contributed by atoms with van der Waals surface area (Å²) in [5, 5.41) is 1.18. The number of hydrogen-bond acceptors (Lipinski definition) is 5. The standard InChI is InChI=1S/C14H19N3OS/c1-9-4-5-17(7-12(9)18-3)13-11-6-10(2)19-14(11)16-8-15-13/h6,8-9,12H,4-5,7H2,1-3H3. The minimum atomic E-state index is 0.290. The molecule has 3 rings (SSSR count). The molecule has 1 aliphatic heterocycles. The molecule has 0 radical (unpaired) electrons. The minimum Gasteiger partial charge on any atom is -0.379 e. The Morgan fingerprint density at radius 2 is 2.26 bits per heavy atom. The summed E-state index contributed by atoms with van der Waals surface area (Å²) in [6, 6.07) is 2.19. The molecule has 0 spiro atoms. The fourth-order valence-electron chi connectivity index (χ4n) is 2.75. The molecule has 19 heavy (non-hydrogen) atoms. The van der Waals surface area contributed by atoms with Gasteiger partial charge in [-0.05, 0) is 25.3 Å². The molecular weight excluding hydrogens is 258 g/mol. The molecule has 2 unspecified atom stereocenters. The first-order chi connectivity index (χ1) is 9.19. The summed E-state index contributed by atoms with van der Waals surface area (Å²) >= 11 is 1.73. The summed E-state index contributed by atoms with van der Waals surface area (Å²) in [4.78, 5) is 13.6. The Bertz CT molecular complexity index is 583. The number of piperidine rings is 1. The Kier molecular flexibility index (Phi) is 3.41. The minimum absolute atomic E-state index is 0.290. The Balaban J connectivity index is 1.95. The third kappa shape index (κ3) is 2.32. The number of fused-ring (bicyclic) bond motifs is 1. The molecule has 0 N–H and O–H groups in total. The summed E-state index contributed by atoms with van der Waals surface area (Å²) < 4.78 is 5.59. The summed E-state index contributed by atoms with van der Waals surface area (Å²) in [6.07, 6.45) is 3.11. The highest BCUT2D eigenvalue weighted by Crippen LogP contribution is 2.32. The Morgan fingerprint density at radius 3 is 3.05 bits per heavy atom. The largest absolute Gasteiger partial charge is 0.379 e. The van der Waals surface area contributed by atoms with Crippen LogP contribution in [0.2, 0.25) is 0 Å². The maximum absolute atomic E-state index is 5.59. The van der Waals surface area contributed by atoms with Crippen molar-refractivity contribution >= 4 is 27.4 Å². The van der Waals surface area contributed by atoms with E-state index in [1.54, 1.807) is 24.8 Å². The maximum atomic E-state index is 5.59. The summed E-state index contributed by atoms with van der Waals surface area (Å²) in [7, 11) is 1.80. The number of thiophene rings is 1. The van der Waals surface area contributed by atoms with Gasteiger partial charge in [0.2, 0.25) is 0 Å². The van der Waals surface area contributed by atoms with E-state index in [0.29, 0.717) is 12.0 Å². The molecule has 2 aromatic heterocycles. The van der Waals surface area contributed by atoms with Crippen LogP contribution in [0.15, 0.2) is 12.4 Å². The SMILES string of the molecule is COC1CN(c2ncnc3sc(C)cc23)CCC1C. The van der Waals surface area contributed by atoms with Gasteiger partial charge in [-0.1, -0.05) is 6.92 Å². The van der Waals surface area contributed by atoms with E-state index in [2.05, 4.69) is 34.8 Å². The first-order valence-corrected chi connectivity index (χ1v) is 7.49. The Hall–Kier alpha value is -1.20. The van der Waals surface area contributed by atoms with Crippen LogP contribution in [0.5, 0.6) is 0 Å². The number of aryl methyl sites for hydroxylation is 1. The molecule has 1 aliphatic rings. The van der Waals surface area contributed by atoms with Gasteiger partial charge in [0.05, 0.1) is 11.5 Å². The van der Waals surface area contributed by atoms with Gasteiger partial charge in [-0.25, -0.2) is 9.97 Å². The molecule has 3 heterocycles. The molecule has 5 heteroatoms. The number of nitrogens with zero attached hydrogens (tertiary/aromatic N) is 3. The van der Waals surface area contributed by atoms with Gasteiger partial charge in [0.25, 0.3) is 0 Å². The van der Waals surface area contributed by atoms with Crippen molar-refractivity contribution in [3.8, 4) is 0 Å². The predicted molar refractivity (Wildman–Crippen MR) is 78.9 cm³/mol. The van der Waals surface area contributed by atoms with Crippen LogP contribution in [0, 0.1) is 12.8 Å². The third-order valence-corrected chi connectivity index (χ3v) is 4.88. The van der Waals surface area contributed by atoms with Crippen LogP contribution < -0.4 is 4.90 Å². The van der Waals surface area contributed by atoms with Crippen molar-refractivity contribution in [2.24, 2.45) is 5.92 Å². The molecule has 1 saturated heterocycles. The summed E-state index contributed by atoms with van der Waals surface area (Å²) in [6.45, 7) is 6.34. The topological polar surface area (TPSA) is 38.2 Å². The monoisotopic (exact) mass is 277 g/mol. The van der Waals surface area contributed by atoms with E-state index in [0.717, 1.165) is 30.2 Å². The number of anilines is 1. The van der Waals surface area contributed by atoms with Crippen LogP contribution in [0.25, 0.3) is 10.2 Å². The molecule has 2 atom stereocenters. The van der Waals surface area contributed by atoms with Crippen LogP contribution in [0.3, 0.4) is 0 Å². The van der Waals surface area contributed by atoms with E-state index < -0.39 is 0 Å². The zero-order valence-corrected chi connectivity index (χ0v) is 12.4. The van der Waals surface area contributed by atoms with Crippen LogP contribution in [-0.2, 0) is 4.74 Å². The normalized spacial score (nSPS) is 24.1. The van der Waals surface area contributed by atoms with Crippen LogP contribution >= 0.6 is 11.3 Å². The van der Waals surface area contributed by atoms with Crippen LogP contribution in [-0.4, -0.2) is 36.3 Å². The Labute approximate surface area is 117 Å². The van der Waals surface area contributed by atoms with Crippen LogP contribution in [0.1, 0.15) is 18.2 Å². The number of methoxy groups -OCH3 is 1. The van der Waals surface area contributed by atoms with E-state index in [9.17, 15) is 0 Å². The molecule has 0 aliphatic carbocycles.